The van der Waals surface area contributed by atoms with Crippen molar-refractivity contribution in [1.82, 2.24) is 15.5 Å². The zero-order valence-electron chi connectivity index (χ0n) is 8.03. The number of aromatic nitrogens is 2. The average molecular weight is 225 g/mol. The highest BCUT2D eigenvalue weighted by atomic mass is 32.2. The Balaban J connectivity index is 2.01. The Morgan fingerprint density at radius 2 is 2.47 bits per heavy atom. The number of amides is 1. The number of hydrogen-bond donors (Lipinski definition) is 2. The molecule has 5 nitrogen and oxygen atoms in total. The van der Waals surface area contributed by atoms with Gasteiger partial charge in [0, 0.05) is 17.9 Å². The number of carbonyl (C=O) groups excluding carboxylic acids is 1. The minimum absolute atomic E-state index is 0.223. The van der Waals surface area contributed by atoms with Gasteiger partial charge in [-0.15, -0.1) is 0 Å². The van der Waals surface area contributed by atoms with Crippen LogP contribution in [0.2, 0.25) is 0 Å². The van der Waals surface area contributed by atoms with Gasteiger partial charge in [-0.05, 0) is 18.2 Å². The summed E-state index contributed by atoms with van der Waals surface area (Å²) in [4.78, 5) is 22.3. The fraction of sp³-hybridized carbons (Fsp3) is 0.444. The topological polar surface area (TPSA) is 74.8 Å². The molecule has 2 heterocycles. The van der Waals surface area contributed by atoms with E-state index in [9.17, 15) is 9.59 Å². The molecule has 0 saturated carbocycles. The second-order valence-electron chi connectivity index (χ2n) is 3.34. The Labute approximate surface area is 90.7 Å². The predicted molar refractivity (Wildman–Crippen MR) is 58.1 cm³/mol. The number of nitrogens with one attached hydrogen (secondary N) is 2. The zero-order chi connectivity index (χ0) is 10.7. The highest BCUT2D eigenvalue weighted by Gasteiger charge is 2.18. The molecular weight excluding hydrogens is 214 g/mol. The summed E-state index contributed by atoms with van der Waals surface area (Å²) >= 11 is 1.83. The van der Waals surface area contributed by atoms with Crippen LogP contribution in [-0.4, -0.2) is 33.7 Å². The summed E-state index contributed by atoms with van der Waals surface area (Å²) in [5.41, 5.74) is -0.0468. The van der Waals surface area contributed by atoms with Gasteiger partial charge in [0.1, 0.15) is 5.69 Å². The molecule has 1 amide bonds. The van der Waals surface area contributed by atoms with E-state index in [4.69, 9.17) is 0 Å². The van der Waals surface area contributed by atoms with Crippen LogP contribution in [0.1, 0.15) is 16.9 Å². The van der Waals surface area contributed by atoms with Crippen LogP contribution >= 0.6 is 11.8 Å². The van der Waals surface area contributed by atoms with Gasteiger partial charge in [-0.3, -0.25) is 9.59 Å². The standard InChI is InChI=1S/C9H11N3O2S/c13-8-2-1-7(11-12-8)9(14)10-6-3-4-15-5-6/h1-2,6H,3-5H2,(H,10,14)(H,12,13). The Morgan fingerprint density at radius 3 is 3.07 bits per heavy atom. The van der Waals surface area contributed by atoms with Crippen molar-refractivity contribution < 1.29 is 4.79 Å². The van der Waals surface area contributed by atoms with Crippen molar-refractivity contribution in [2.75, 3.05) is 11.5 Å². The van der Waals surface area contributed by atoms with Gasteiger partial charge in [-0.25, -0.2) is 5.10 Å². The van der Waals surface area contributed by atoms with E-state index in [2.05, 4.69) is 15.5 Å². The second kappa shape index (κ2) is 4.48. The van der Waals surface area contributed by atoms with Gasteiger partial charge in [-0.1, -0.05) is 0 Å². The summed E-state index contributed by atoms with van der Waals surface area (Å²) in [6.07, 6.45) is 1.000. The lowest BCUT2D eigenvalue weighted by molar-refractivity contribution is 0.0935. The first-order valence-electron chi connectivity index (χ1n) is 4.70. The molecule has 1 saturated heterocycles. The molecule has 0 spiro atoms. The Morgan fingerprint density at radius 1 is 1.60 bits per heavy atom. The van der Waals surface area contributed by atoms with E-state index < -0.39 is 0 Å². The van der Waals surface area contributed by atoms with E-state index in [1.807, 2.05) is 11.8 Å². The first-order valence-corrected chi connectivity index (χ1v) is 5.85. The summed E-state index contributed by atoms with van der Waals surface area (Å²) in [7, 11) is 0. The number of hydrogen-bond acceptors (Lipinski definition) is 4. The molecule has 80 valence electrons. The number of thioether (sulfide) groups is 1. The van der Waals surface area contributed by atoms with E-state index in [1.165, 1.54) is 12.1 Å². The Hall–Kier alpha value is -1.30. The molecule has 2 rings (SSSR count). The third kappa shape index (κ3) is 2.59. The first-order chi connectivity index (χ1) is 7.25. The van der Waals surface area contributed by atoms with Crippen molar-refractivity contribution in [3.8, 4) is 0 Å². The number of nitrogens with zero attached hydrogens (tertiary/aromatic N) is 1. The van der Waals surface area contributed by atoms with Crippen molar-refractivity contribution >= 4 is 17.7 Å². The average Bonchev–Trinajstić information content (AvgIpc) is 2.71. The van der Waals surface area contributed by atoms with Crippen molar-refractivity contribution in [3.63, 3.8) is 0 Å². The maximum atomic E-state index is 11.6. The lowest BCUT2D eigenvalue weighted by Crippen LogP contribution is -2.35. The molecule has 15 heavy (non-hydrogen) atoms. The highest BCUT2D eigenvalue weighted by molar-refractivity contribution is 7.99. The first kappa shape index (κ1) is 10.2. The van der Waals surface area contributed by atoms with Gasteiger partial charge in [0.25, 0.3) is 11.5 Å². The van der Waals surface area contributed by atoms with E-state index in [1.54, 1.807) is 0 Å². The molecule has 1 aromatic rings. The molecule has 1 aliphatic rings. The third-order valence-electron chi connectivity index (χ3n) is 2.18. The monoisotopic (exact) mass is 225 g/mol. The van der Waals surface area contributed by atoms with Crippen LogP contribution in [0, 0.1) is 0 Å². The highest BCUT2D eigenvalue weighted by Crippen LogP contribution is 2.17. The summed E-state index contributed by atoms with van der Waals surface area (Å²) in [5.74, 6) is 1.82. The SMILES string of the molecule is O=C(NC1CCSC1)c1ccc(=O)[nH]n1. The van der Waals surface area contributed by atoms with Crippen LogP contribution in [0.25, 0.3) is 0 Å². The van der Waals surface area contributed by atoms with Crippen molar-refractivity contribution in [2.24, 2.45) is 0 Å². The molecule has 2 N–H and O–H groups in total. The van der Waals surface area contributed by atoms with E-state index in [0.29, 0.717) is 0 Å². The number of rotatable bonds is 2. The van der Waals surface area contributed by atoms with Crippen LogP contribution in [0.5, 0.6) is 0 Å². The summed E-state index contributed by atoms with van der Waals surface area (Å²) in [6.45, 7) is 0. The van der Waals surface area contributed by atoms with E-state index in [-0.39, 0.29) is 23.2 Å². The van der Waals surface area contributed by atoms with Gasteiger partial charge in [0.05, 0.1) is 0 Å². The molecule has 1 unspecified atom stereocenters. The summed E-state index contributed by atoms with van der Waals surface area (Å²) in [6, 6.07) is 2.96. The van der Waals surface area contributed by atoms with Crippen LogP contribution in [0.4, 0.5) is 0 Å². The summed E-state index contributed by atoms with van der Waals surface area (Å²) in [5, 5.41) is 8.77. The van der Waals surface area contributed by atoms with Gasteiger partial charge < -0.3 is 5.32 Å². The molecule has 1 aromatic heterocycles. The zero-order valence-corrected chi connectivity index (χ0v) is 8.84. The predicted octanol–water partition coefficient (Wildman–Crippen LogP) is 0.00520. The van der Waals surface area contributed by atoms with Crippen molar-refractivity contribution in [3.05, 3.63) is 28.2 Å². The minimum atomic E-state index is -0.303. The van der Waals surface area contributed by atoms with Gasteiger partial charge >= 0.3 is 0 Å². The molecule has 0 radical (unpaired) electrons. The maximum absolute atomic E-state index is 11.6. The molecule has 1 atom stereocenters. The molecule has 1 aliphatic heterocycles. The molecule has 0 bridgehead atoms. The fourth-order valence-corrected chi connectivity index (χ4v) is 2.53. The lowest BCUT2D eigenvalue weighted by Gasteiger charge is -2.09. The summed E-state index contributed by atoms with van der Waals surface area (Å²) < 4.78 is 0. The molecule has 0 aliphatic carbocycles. The largest absolute Gasteiger partial charge is 0.347 e. The Kier molecular flexibility index (Phi) is 3.05. The second-order valence-corrected chi connectivity index (χ2v) is 4.49. The maximum Gasteiger partial charge on any atom is 0.271 e. The van der Waals surface area contributed by atoms with Crippen LogP contribution in [0.3, 0.4) is 0 Å². The number of aromatic amines is 1. The quantitative estimate of drug-likeness (QED) is 0.743. The molecule has 1 fully saturated rings. The van der Waals surface area contributed by atoms with Crippen LogP contribution in [0.15, 0.2) is 16.9 Å². The van der Waals surface area contributed by atoms with Gasteiger partial charge in [0.2, 0.25) is 0 Å². The smallest absolute Gasteiger partial charge is 0.271 e. The molecule has 6 heteroatoms. The normalized spacial score (nSPS) is 20.1. The van der Waals surface area contributed by atoms with E-state index >= 15 is 0 Å². The minimum Gasteiger partial charge on any atom is -0.347 e. The fourth-order valence-electron chi connectivity index (χ4n) is 1.38. The Bertz CT molecular complexity index is 392. The van der Waals surface area contributed by atoms with Gasteiger partial charge in [0.15, 0.2) is 0 Å². The van der Waals surface area contributed by atoms with Crippen molar-refractivity contribution in [2.45, 2.75) is 12.5 Å². The third-order valence-corrected chi connectivity index (χ3v) is 3.34. The van der Waals surface area contributed by atoms with Crippen LogP contribution < -0.4 is 10.9 Å². The van der Waals surface area contributed by atoms with Gasteiger partial charge in [-0.2, -0.15) is 16.9 Å². The molecule has 0 aromatic carbocycles. The lowest BCUT2D eigenvalue weighted by atomic mass is 10.2. The molecular formula is C9H11N3O2S. The number of H-pyrrole nitrogens is 1. The number of carbonyl (C=O) groups is 1. The van der Waals surface area contributed by atoms with Crippen molar-refractivity contribution in [1.29, 1.82) is 0 Å². The van der Waals surface area contributed by atoms with E-state index in [0.717, 1.165) is 17.9 Å². The van der Waals surface area contributed by atoms with Crippen LogP contribution in [-0.2, 0) is 0 Å².